The topological polar surface area (TPSA) is 49.1 Å². The number of pyridine rings is 2. The van der Waals surface area contributed by atoms with Crippen LogP contribution in [0, 0.1) is 18.2 Å². The van der Waals surface area contributed by atoms with Crippen molar-refractivity contribution in [2.24, 2.45) is 0 Å². The second-order valence-electron chi connectivity index (χ2n) is 9.20. The number of hydrogen-bond acceptors (Lipinski definition) is 3. The van der Waals surface area contributed by atoms with Gasteiger partial charge in [0.1, 0.15) is 5.75 Å². The molecule has 0 bridgehead atoms. The molecule has 0 unspecified atom stereocenters. The summed E-state index contributed by atoms with van der Waals surface area (Å²) in [5.41, 5.74) is 8.63. The van der Waals surface area contributed by atoms with Crippen molar-refractivity contribution in [3.63, 3.8) is 0 Å². The van der Waals surface area contributed by atoms with E-state index in [4.69, 9.17) is 9.72 Å². The van der Waals surface area contributed by atoms with E-state index in [9.17, 15) is 0 Å². The minimum Gasteiger partial charge on any atom is -0.656 e. The Balaban J connectivity index is 0.000000173. The number of aromatic nitrogens is 3. The Morgan fingerprint density at radius 1 is 0.805 bits per heavy atom. The molecule has 198 valence electrons. The van der Waals surface area contributed by atoms with E-state index >= 15 is 0 Å². The largest absolute Gasteiger partial charge is 0.656 e. The van der Waals surface area contributed by atoms with Gasteiger partial charge >= 0.3 is 0 Å². The third-order valence-electron chi connectivity index (χ3n) is 6.65. The Hall–Kier alpha value is -3.47. The van der Waals surface area contributed by atoms with Crippen molar-refractivity contribution in [1.82, 2.24) is 15.0 Å². The summed E-state index contributed by atoms with van der Waals surface area (Å²) in [6.45, 7) is 0.522. The summed E-state index contributed by atoms with van der Waals surface area (Å²) >= 11 is 0. The SMILES string of the molecule is [Ir].[Y].[c-]1cc2c([c-]c1-c1[c-]cccc1)-c1nc3ccccc3cc1OC2.c1ccc(-c2cc3ccccc3[n-]2)nc1. The summed E-state index contributed by atoms with van der Waals surface area (Å²) in [5, 5.41) is 2.25. The first-order valence-corrected chi connectivity index (χ1v) is 12.7. The summed E-state index contributed by atoms with van der Waals surface area (Å²) < 4.78 is 5.89. The first kappa shape index (κ1) is 29.0. The van der Waals surface area contributed by atoms with E-state index in [0.29, 0.717) is 6.61 Å². The first-order valence-electron chi connectivity index (χ1n) is 12.7. The van der Waals surface area contributed by atoms with Gasteiger partial charge in [-0.3, -0.25) is 4.98 Å². The van der Waals surface area contributed by atoms with Crippen molar-refractivity contribution in [1.29, 1.82) is 0 Å². The van der Waals surface area contributed by atoms with Crippen LogP contribution in [-0.2, 0) is 59.4 Å². The van der Waals surface area contributed by atoms with Gasteiger partial charge in [-0.2, -0.15) is 23.3 Å². The van der Waals surface area contributed by atoms with Crippen molar-refractivity contribution in [3.8, 4) is 39.5 Å². The smallest absolute Gasteiger partial charge is 0.141 e. The van der Waals surface area contributed by atoms with Crippen molar-refractivity contribution >= 4 is 21.8 Å². The van der Waals surface area contributed by atoms with Gasteiger partial charge in [0.05, 0.1) is 11.2 Å². The number of para-hydroxylation sites is 2. The quantitative estimate of drug-likeness (QED) is 0.169. The maximum absolute atomic E-state index is 5.89. The number of rotatable bonds is 2. The number of hydrogen-bond donors (Lipinski definition) is 0. The number of benzene rings is 4. The van der Waals surface area contributed by atoms with Crippen LogP contribution >= 0.6 is 0 Å². The molecule has 2 radical (unpaired) electrons. The fourth-order valence-electron chi connectivity index (χ4n) is 4.70. The van der Waals surface area contributed by atoms with Crippen LogP contribution in [0.4, 0.5) is 0 Å². The average Bonchev–Trinajstić information content (AvgIpc) is 3.46. The predicted octanol–water partition coefficient (Wildman–Crippen LogP) is 7.72. The average molecular weight is 781 g/mol. The maximum atomic E-state index is 5.89. The Labute approximate surface area is 277 Å². The standard InChI is InChI=1S/C22H12NO.C13H9N2.Ir.Y/c1-2-6-15(7-3-1)16-10-11-18-14-24-21-13-17-8-4-5-9-20(17)23-22(21)19(18)12-16;1-2-6-11-10(5-1)9-13(15-11)12-7-3-4-8-14-12;;/h1-6,8-9,11,13H,14H2;1-9H;;/q-3;-1;;. The zero-order valence-electron chi connectivity index (χ0n) is 21.8. The van der Waals surface area contributed by atoms with Gasteiger partial charge in [-0.05, 0) is 29.7 Å². The van der Waals surface area contributed by atoms with Crippen LogP contribution in [0.25, 0.3) is 55.6 Å². The van der Waals surface area contributed by atoms with E-state index in [-0.39, 0.29) is 52.8 Å². The molecule has 0 fully saturated rings. The predicted molar refractivity (Wildman–Crippen MR) is 154 cm³/mol. The van der Waals surface area contributed by atoms with E-state index in [0.717, 1.165) is 66.9 Å². The molecule has 1 aliphatic rings. The third-order valence-corrected chi connectivity index (χ3v) is 6.65. The van der Waals surface area contributed by atoms with Crippen LogP contribution in [0.1, 0.15) is 5.56 Å². The molecule has 8 rings (SSSR count). The van der Waals surface area contributed by atoms with Gasteiger partial charge in [0.2, 0.25) is 0 Å². The number of nitrogens with zero attached hydrogens (tertiary/aromatic N) is 3. The van der Waals surface area contributed by atoms with Crippen molar-refractivity contribution in [2.45, 2.75) is 6.61 Å². The number of ether oxygens (including phenoxy) is 1. The molecule has 0 amide bonds. The maximum Gasteiger partial charge on any atom is 0.141 e. The van der Waals surface area contributed by atoms with E-state index in [1.54, 1.807) is 6.20 Å². The third kappa shape index (κ3) is 6.10. The molecule has 6 heteroatoms. The molecule has 4 nitrogen and oxygen atoms in total. The minimum absolute atomic E-state index is 0. The van der Waals surface area contributed by atoms with Gasteiger partial charge in [0.15, 0.2) is 0 Å². The van der Waals surface area contributed by atoms with E-state index in [2.05, 4.69) is 46.4 Å². The van der Waals surface area contributed by atoms with E-state index in [1.807, 2.05) is 91.0 Å². The van der Waals surface area contributed by atoms with Crippen molar-refractivity contribution in [3.05, 3.63) is 139 Å². The van der Waals surface area contributed by atoms with Gasteiger partial charge in [-0.15, -0.1) is 17.3 Å². The van der Waals surface area contributed by atoms with Crippen LogP contribution in [0.15, 0.2) is 115 Å². The van der Waals surface area contributed by atoms with Gasteiger partial charge in [-0.1, -0.05) is 54.6 Å². The molecule has 1 aliphatic heterocycles. The summed E-state index contributed by atoms with van der Waals surface area (Å²) in [7, 11) is 0. The van der Waals surface area contributed by atoms with Gasteiger partial charge in [0, 0.05) is 76.7 Å². The summed E-state index contributed by atoms with van der Waals surface area (Å²) in [6.07, 6.45) is 1.79. The van der Waals surface area contributed by atoms with Crippen LogP contribution in [0.2, 0.25) is 0 Å². The molecule has 0 spiro atoms. The van der Waals surface area contributed by atoms with Crippen LogP contribution < -0.4 is 9.72 Å². The molecule has 0 aliphatic carbocycles. The normalized spacial score (nSPS) is 11.1. The molecule has 0 saturated carbocycles. The van der Waals surface area contributed by atoms with Crippen molar-refractivity contribution in [2.75, 3.05) is 0 Å². The van der Waals surface area contributed by atoms with Crippen LogP contribution in [0.5, 0.6) is 5.75 Å². The Morgan fingerprint density at radius 3 is 2.41 bits per heavy atom. The van der Waals surface area contributed by atoms with Gasteiger partial charge in [0.25, 0.3) is 0 Å². The summed E-state index contributed by atoms with van der Waals surface area (Å²) in [5.74, 6) is 0.812. The molecule has 0 N–H and O–H groups in total. The van der Waals surface area contributed by atoms with E-state index in [1.165, 1.54) is 0 Å². The van der Waals surface area contributed by atoms with Crippen LogP contribution in [-0.4, -0.2) is 9.97 Å². The van der Waals surface area contributed by atoms with Crippen molar-refractivity contribution < 1.29 is 57.6 Å². The summed E-state index contributed by atoms with van der Waals surface area (Å²) in [6, 6.07) is 46.0. The van der Waals surface area contributed by atoms with Crippen LogP contribution in [0.3, 0.4) is 0 Å². The Morgan fingerprint density at radius 2 is 1.61 bits per heavy atom. The fraction of sp³-hybridized carbons (Fsp3) is 0.0286. The van der Waals surface area contributed by atoms with E-state index < -0.39 is 0 Å². The first-order chi connectivity index (χ1) is 19.3. The summed E-state index contributed by atoms with van der Waals surface area (Å²) in [4.78, 5) is 13.6. The van der Waals surface area contributed by atoms with Gasteiger partial charge in [-0.25, -0.2) is 23.2 Å². The zero-order valence-corrected chi connectivity index (χ0v) is 27.1. The molecule has 7 aromatic rings. The molecule has 4 aromatic carbocycles. The molecule has 3 aromatic heterocycles. The molecule has 0 atom stereocenters. The molecule has 0 saturated heterocycles. The second-order valence-corrected chi connectivity index (χ2v) is 9.20. The zero-order chi connectivity index (χ0) is 26.0. The molecule has 4 heterocycles. The monoisotopic (exact) mass is 781 g/mol. The molecular formula is C35H21IrN3OY-4. The Kier molecular flexibility index (Phi) is 9.22. The second kappa shape index (κ2) is 13.0. The van der Waals surface area contributed by atoms with Gasteiger partial charge < -0.3 is 33.0 Å². The Bertz CT molecular complexity index is 1890. The minimum atomic E-state index is 0. The fourth-order valence-corrected chi connectivity index (χ4v) is 4.70. The number of fused-ring (bicyclic) bond motifs is 5. The molecular weight excluding hydrogens is 760 g/mol. The molecule has 41 heavy (non-hydrogen) atoms.